The molecule has 0 unspecified atom stereocenters. The number of benzene rings is 1. The molecule has 0 aliphatic rings. The van der Waals surface area contributed by atoms with Gasteiger partial charge in [-0.1, -0.05) is 0 Å². The van der Waals surface area contributed by atoms with E-state index in [1.807, 2.05) is 0 Å². The van der Waals surface area contributed by atoms with Crippen molar-refractivity contribution < 1.29 is 17.0 Å². The Labute approximate surface area is 65.1 Å². The van der Waals surface area contributed by atoms with Crippen LogP contribution in [0.2, 0.25) is 0 Å². The molecule has 0 N–H and O–H groups in total. The van der Waals surface area contributed by atoms with Crippen LogP contribution in [0.5, 0.6) is 5.75 Å². The van der Waals surface area contributed by atoms with E-state index < -0.39 is 13.0 Å². The summed E-state index contributed by atoms with van der Waals surface area (Å²) in [4.78, 5) is 0. The Morgan fingerprint density at radius 3 is 1.91 bits per heavy atom. The van der Waals surface area contributed by atoms with E-state index in [1.54, 1.807) is 0 Å². The molecule has 1 aromatic rings. The summed E-state index contributed by atoms with van der Waals surface area (Å²) < 4.78 is 30.8. The normalized spacial score (nSPS) is 11.4. The molecule has 0 saturated heterocycles. The molecule has 1 aromatic carbocycles. The molecule has 0 spiro atoms. The van der Waals surface area contributed by atoms with Gasteiger partial charge in [0.05, 0.1) is 0 Å². The van der Waals surface area contributed by atoms with E-state index in [1.165, 1.54) is 0 Å². The Bertz CT molecular complexity index is 337. The van der Waals surface area contributed by atoms with Gasteiger partial charge in [-0.25, -0.2) is 0 Å². The van der Waals surface area contributed by atoms with E-state index in [2.05, 4.69) is 0 Å². The zero-order chi connectivity index (χ0) is 8.48. The number of hydrogen-bond acceptors (Lipinski definition) is 4. The molecule has 0 radical (unpaired) electrons. The predicted octanol–water partition coefficient (Wildman–Crippen LogP) is -1.87. The molecular formula is C6H4O4Se-2. The van der Waals surface area contributed by atoms with Crippen LogP contribution < -0.4 is 13.8 Å². The summed E-state index contributed by atoms with van der Waals surface area (Å²) in [6.45, 7) is 0. The summed E-state index contributed by atoms with van der Waals surface area (Å²) in [5.41, 5.74) is 0. The average Bonchev–Trinajstić information content (AvgIpc) is 1.86. The van der Waals surface area contributed by atoms with Gasteiger partial charge in [0.1, 0.15) is 0 Å². The van der Waals surface area contributed by atoms with E-state index >= 15 is 0 Å². The van der Waals surface area contributed by atoms with Crippen LogP contribution >= 0.6 is 0 Å². The van der Waals surface area contributed by atoms with Gasteiger partial charge >= 0.3 is 64.5 Å². The van der Waals surface area contributed by atoms with Crippen molar-refractivity contribution in [3.8, 4) is 5.75 Å². The van der Waals surface area contributed by atoms with Crippen LogP contribution in [0.1, 0.15) is 0 Å². The minimum absolute atomic E-state index is 0.305. The third-order valence-electron chi connectivity index (χ3n) is 1.11. The van der Waals surface area contributed by atoms with Crippen LogP contribution in [0, 0.1) is 0 Å². The molecule has 0 aromatic heterocycles. The molecule has 5 heteroatoms. The molecule has 0 bridgehead atoms. The van der Waals surface area contributed by atoms with Crippen molar-refractivity contribution in [2.45, 2.75) is 0 Å². The third kappa shape index (κ3) is 2.01. The summed E-state index contributed by atoms with van der Waals surface area (Å²) in [7, 11) is 0. The van der Waals surface area contributed by atoms with Crippen LogP contribution in [0.3, 0.4) is 0 Å². The van der Waals surface area contributed by atoms with Crippen molar-refractivity contribution in [2.75, 3.05) is 0 Å². The fourth-order valence-corrected chi connectivity index (χ4v) is 1.59. The van der Waals surface area contributed by atoms with Gasteiger partial charge in [-0.15, -0.1) is 0 Å². The molecule has 0 aliphatic heterocycles. The molecule has 0 atom stereocenters. The van der Waals surface area contributed by atoms with Gasteiger partial charge in [-0.05, 0) is 0 Å². The van der Waals surface area contributed by atoms with Gasteiger partial charge in [-0.3, -0.25) is 0 Å². The van der Waals surface area contributed by atoms with E-state index in [-0.39, 0.29) is 10.2 Å². The van der Waals surface area contributed by atoms with Gasteiger partial charge in [0.2, 0.25) is 0 Å². The second-order valence-electron chi connectivity index (χ2n) is 1.93. The molecule has 4 nitrogen and oxygen atoms in total. The predicted molar refractivity (Wildman–Crippen MR) is 32.6 cm³/mol. The van der Waals surface area contributed by atoms with E-state index in [4.69, 9.17) is 0 Å². The summed E-state index contributed by atoms with van der Waals surface area (Å²) in [6, 6.07) is 4.15. The third-order valence-corrected chi connectivity index (χ3v) is 2.89. The van der Waals surface area contributed by atoms with Gasteiger partial charge in [0, 0.05) is 0 Å². The first kappa shape index (κ1) is 8.20. The summed E-state index contributed by atoms with van der Waals surface area (Å²) in [5, 5.41) is 10.5. The molecule has 60 valence electrons. The molecule has 1 rings (SSSR count). The fourth-order valence-electron chi connectivity index (χ4n) is 0.606. The second kappa shape index (κ2) is 2.62. The molecule has 11 heavy (non-hydrogen) atoms. The Hall–Kier alpha value is -0.901. The summed E-state index contributed by atoms with van der Waals surface area (Å²) in [5.74, 6) is -0.310. The van der Waals surface area contributed by atoms with Crippen LogP contribution in [0.15, 0.2) is 24.3 Å². The molecule has 0 aliphatic carbocycles. The maximum absolute atomic E-state index is 10.5. The fraction of sp³-hybridized carbons (Fsp3) is 0. The monoisotopic (exact) mass is 220 g/mol. The minimum atomic E-state index is -5.11. The Balaban J connectivity index is 3.20. The first-order valence-electron chi connectivity index (χ1n) is 2.73. The van der Waals surface area contributed by atoms with Crippen molar-refractivity contribution in [3.63, 3.8) is 0 Å². The van der Waals surface area contributed by atoms with Crippen molar-refractivity contribution in [1.82, 2.24) is 0 Å². The standard InChI is InChI=1S/C6H6O4Se/c7-5-1-3-6(4-2-5)11(8,9)10/h1-4,7H,(H,8,9,10)/p-2. The topological polar surface area (TPSA) is 80.3 Å². The molecule has 0 heterocycles. The average molecular weight is 219 g/mol. The molecule has 0 amide bonds. The summed E-state index contributed by atoms with van der Waals surface area (Å²) in [6.07, 6.45) is 0. The van der Waals surface area contributed by atoms with E-state index in [0.717, 1.165) is 24.3 Å². The second-order valence-corrected chi connectivity index (χ2v) is 4.82. The number of rotatable bonds is 1. The number of hydrogen-bond donors (Lipinski definition) is 0. The zero-order valence-electron chi connectivity index (χ0n) is 5.35. The Morgan fingerprint density at radius 2 is 1.55 bits per heavy atom. The summed E-state index contributed by atoms with van der Waals surface area (Å²) >= 11 is -5.11. The Morgan fingerprint density at radius 1 is 1.09 bits per heavy atom. The van der Waals surface area contributed by atoms with Crippen molar-refractivity contribution in [1.29, 1.82) is 0 Å². The van der Waals surface area contributed by atoms with Crippen LogP contribution in [0.25, 0.3) is 0 Å². The SMILES string of the molecule is O=[Se](=O)([O-])c1ccc([O-])cc1. The first-order valence-corrected chi connectivity index (χ1v) is 5.68. The Kier molecular flexibility index (Phi) is 1.95. The van der Waals surface area contributed by atoms with Gasteiger partial charge < -0.3 is 0 Å². The van der Waals surface area contributed by atoms with Crippen LogP contribution in [-0.4, -0.2) is 13.0 Å². The van der Waals surface area contributed by atoms with Crippen LogP contribution in [0.4, 0.5) is 0 Å². The van der Waals surface area contributed by atoms with Crippen molar-refractivity contribution in [3.05, 3.63) is 24.3 Å². The quantitative estimate of drug-likeness (QED) is 0.518. The molecule has 0 saturated carbocycles. The van der Waals surface area contributed by atoms with Gasteiger partial charge in [-0.2, -0.15) is 0 Å². The zero-order valence-corrected chi connectivity index (χ0v) is 7.06. The maximum atomic E-state index is 10.5. The molecule has 0 fully saturated rings. The first-order chi connectivity index (χ1) is 5.00. The van der Waals surface area contributed by atoms with Gasteiger partial charge in [0.25, 0.3) is 0 Å². The van der Waals surface area contributed by atoms with E-state index in [0.29, 0.717) is 0 Å². The van der Waals surface area contributed by atoms with Crippen molar-refractivity contribution >= 4 is 17.5 Å². The van der Waals surface area contributed by atoms with Crippen molar-refractivity contribution in [2.24, 2.45) is 0 Å². The van der Waals surface area contributed by atoms with E-state index in [9.17, 15) is 17.0 Å². The van der Waals surface area contributed by atoms with Crippen LogP contribution in [-0.2, 0) is 7.67 Å². The van der Waals surface area contributed by atoms with Gasteiger partial charge in [0.15, 0.2) is 0 Å². The molecular weight excluding hydrogens is 215 g/mol.